The average molecular weight is 474 g/mol. The van der Waals surface area contributed by atoms with Gasteiger partial charge in [-0.3, -0.25) is 0 Å². The molecule has 180 valence electrons. The summed E-state index contributed by atoms with van der Waals surface area (Å²) >= 11 is 1.76. The summed E-state index contributed by atoms with van der Waals surface area (Å²) in [6.45, 7) is 8.53. The van der Waals surface area contributed by atoms with Gasteiger partial charge in [-0.1, -0.05) is 30.3 Å². The van der Waals surface area contributed by atoms with E-state index in [2.05, 4.69) is 30.5 Å². The van der Waals surface area contributed by atoms with Crippen molar-refractivity contribution in [2.45, 2.75) is 51.0 Å². The van der Waals surface area contributed by atoms with Crippen molar-refractivity contribution in [3.05, 3.63) is 59.2 Å². The highest BCUT2D eigenvalue weighted by Crippen LogP contribution is 2.27. The van der Waals surface area contributed by atoms with E-state index >= 15 is 0 Å². The molecule has 1 saturated heterocycles. The number of thioether (sulfide) groups is 1. The molecule has 1 heterocycles. The Labute approximate surface area is 201 Å². The van der Waals surface area contributed by atoms with E-state index in [1.807, 2.05) is 32.0 Å². The molecular formula is C26H35NO5S. The number of carboxylic acid groups (broad SMARTS) is 1. The number of carbonyl (C=O) groups excluding carboxylic acids is 1. The van der Waals surface area contributed by atoms with Gasteiger partial charge in [0.2, 0.25) is 0 Å². The largest absolute Gasteiger partial charge is 0.478 e. The topological polar surface area (TPSA) is 76.1 Å². The van der Waals surface area contributed by atoms with Gasteiger partial charge in [-0.05, 0) is 81.5 Å². The molecule has 1 unspecified atom stereocenters. The van der Waals surface area contributed by atoms with E-state index in [1.54, 1.807) is 30.5 Å². The first-order chi connectivity index (χ1) is 15.6. The molecule has 1 atom stereocenters. The monoisotopic (exact) mass is 473 g/mol. The number of methoxy groups -OCH3 is 1. The first-order valence-electron chi connectivity index (χ1n) is 11.0. The highest BCUT2D eigenvalue weighted by molar-refractivity contribution is 7.98. The Bertz CT molecular complexity index is 922. The Morgan fingerprint density at radius 1 is 1.12 bits per heavy atom. The summed E-state index contributed by atoms with van der Waals surface area (Å²) in [6, 6.07) is 14.4. The van der Waals surface area contributed by atoms with E-state index in [1.165, 1.54) is 17.6 Å². The zero-order valence-electron chi connectivity index (χ0n) is 20.4. The van der Waals surface area contributed by atoms with Crippen LogP contribution < -0.4 is 4.74 Å². The maximum atomic E-state index is 11.4. The van der Waals surface area contributed by atoms with Gasteiger partial charge in [-0.25, -0.2) is 9.59 Å². The molecule has 0 aliphatic carbocycles. The number of aliphatic carboxylic acids is 1. The van der Waals surface area contributed by atoms with Crippen molar-refractivity contribution in [3.8, 4) is 5.75 Å². The first kappa shape index (κ1) is 26.6. The van der Waals surface area contributed by atoms with Gasteiger partial charge >= 0.3 is 12.1 Å². The van der Waals surface area contributed by atoms with Crippen molar-refractivity contribution in [1.82, 2.24) is 4.90 Å². The third-order valence-corrected chi connectivity index (χ3v) is 6.43. The van der Waals surface area contributed by atoms with Gasteiger partial charge in [0.15, 0.2) is 5.60 Å². The van der Waals surface area contributed by atoms with Crippen molar-refractivity contribution in [3.63, 3.8) is 0 Å². The van der Waals surface area contributed by atoms with Crippen molar-refractivity contribution in [2.75, 3.05) is 26.5 Å². The quantitative estimate of drug-likeness (QED) is 0.552. The maximum absolute atomic E-state index is 11.4. The standard InChI is InChI=1S/C14H19NO2S.C12H16O3/c1-17-14(16)15-8-7-12(10-15)9-11-3-5-13(18-2)6-4-11;1-8-6-5-7-9(2)10(8)15-12(3,4)11(13)14/h3-6,12H,7-10H2,1-2H3;5-7H,1-4H3,(H,13,14). The number of carbonyl (C=O) groups is 2. The number of carboxylic acids is 1. The van der Waals surface area contributed by atoms with Crippen LogP contribution in [0, 0.1) is 19.8 Å². The molecule has 0 bridgehead atoms. The predicted molar refractivity (Wildman–Crippen MR) is 132 cm³/mol. The molecule has 1 amide bonds. The number of para-hydroxylation sites is 1. The number of amides is 1. The van der Waals surface area contributed by atoms with Gasteiger partial charge < -0.3 is 19.5 Å². The van der Waals surface area contributed by atoms with Crippen LogP contribution in [0.1, 0.15) is 37.0 Å². The van der Waals surface area contributed by atoms with E-state index in [-0.39, 0.29) is 6.09 Å². The summed E-state index contributed by atoms with van der Waals surface area (Å²) < 4.78 is 10.3. The second-order valence-electron chi connectivity index (χ2n) is 8.76. The zero-order chi connectivity index (χ0) is 24.6. The third kappa shape index (κ3) is 7.70. The fourth-order valence-electron chi connectivity index (χ4n) is 3.65. The molecule has 6 nitrogen and oxygen atoms in total. The predicted octanol–water partition coefficient (Wildman–Crippen LogP) is 5.58. The SMILES string of the molecule is COC(=O)N1CCC(Cc2ccc(SC)cc2)C1.Cc1cccc(C)c1OC(C)(C)C(=O)O. The fraction of sp³-hybridized carbons (Fsp3) is 0.462. The lowest BCUT2D eigenvalue weighted by atomic mass is 9.99. The minimum absolute atomic E-state index is 0.199. The Hall–Kier alpha value is -2.67. The maximum Gasteiger partial charge on any atom is 0.409 e. The number of nitrogens with zero attached hydrogens (tertiary/aromatic N) is 1. The molecule has 1 fully saturated rings. The van der Waals surface area contributed by atoms with E-state index in [0.29, 0.717) is 11.7 Å². The number of hydrogen-bond donors (Lipinski definition) is 1. The second-order valence-corrected chi connectivity index (χ2v) is 9.64. The summed E-state index contributed by atoms with van der Waals surface area (Å²) in [5, 5.41) is 8.96. The molecule has 0 saturated carbocycles. The van der Waals surface area contributed by atoms with Gasteiger partial charge in [0, 0.05) is 18.0 Å². The van der Waals surface area contributed by atoms with Crippen LogP contribution >= 0.6 is 11.8 Å². The lowest BCUT2D eigenvalue weighted by Crippen LogP contribution is -2.38. The van der Waals surface area contributed by atoms with Crippen molar-refractivity contribution in [1.29, 1.82) is 0 Å². The Balaban J connectivity index is 0.000000238. The van der Waals surface area contributed by atoms with Crippen LogP contribution in [0.3, 0.4) is 0 Å². The molecule has 0 aromatic heterocycles. The normalized spacial score (nSPS) is 15.5. The van der Waals surface area contributed by atoms with Crippen LogP contribution in [0.2, 0.25) is 0 Å². The number of rotatable bonds is 6. The van der Waals surface area contributed by atoms with Gasteiger partial charge in [0.25, 0.3) is 0 Å². The number of benzene rings is 2. The third-order valence-electron chi connectivity index (χ3n) is 5.68. The number of aryl methyl sites for hydroxylation is 2. The Morgan fingerprint density at radius 2 is 1.73 bits per heavy atom. The molecular weight excluding hydrogens is 438 g/mol. The summed E-state index contributed by atoms with van der Waals surface area (Å²) in [7, 11) is 1.44. The molecule has 2 aromatic carbocycles. The summed E-state index contributed by atoms with van der Waals surface area (Å²) in [6.07, 6.45) is 4.00. The van der Waals surface area contributed by atoms with Gasteiger partial charge in [-0.15, -0.1) is 11.8 Å². The Morgan fingerprint density at radius 3 is 2.24 bits per heavy atom. The molecule has 3 rings (SSSR count). The molecule has 0 radical (unpaired) electrons. The highest BCUT2D eigenvalue weighted by atomic mass is 32.2. The molecule has 0 spiro atoms. The zero-order valence-corrected chi connectivity index (χ0v) is 21.2. The smallest absolute Gasteiger partial charge is 0.409 e. The van der Waals surface area contributed by atoms with Crippen molar-refractivity contribution >= 4 is 23.8 Å². The van der Waals surface area contributed by atoms with Crippen LogP contribution in [0.5, 0.6) is 5.75 Å². The van der Waals surface area contributed by atoms with Gasteiger partial charge in [0.05, 0.1) is 7.11 Å². The summed E-state index contributed by atoms with van der Waals surface area (Å²) in [5.41, 5.74) is 2.05. The number of ether oxygens (including phenoxy) is 2. The minimum Gasteiger partial charge on any atom is -0.478 e. The molecule has 1 aliphatic heterocycles. The van der Waals surface area contributed by atoms with E-state index < -0.39 is 11.6 Å². The van der Waals surface area contributed by atoms with Crippen LogP contribution in [0.15, 0.2) is 47.4 Å². The van der Waals surface area contributed by atoms with Crippen molar-refractivity contribution < 1.29 is 24.2 Å². The Kier molecular flexibility index (Phi) is 9.65. The number of hydrogen-bond acceptors (Lipinski definition) is 5. The van der Waals surface area contributed by atoms with Gasteiger partial charge in [0.1, 0.15) is 5.75 Å². The summed E-state index contributed by atoms with van der Waals surface area (Å²) in [4.78, 5) is 25.4. The van der Waals surface area contributed by atoms with E-state index in [9.17, 15) is 9.59 Å². The lowest BCUT2D eigenvalue weighted by molar-refractivity contribution is -0.152. The molecule has 2 aromatic rings. The van der Waals surface area contributed by atoms with Gasteiger partial charge in [-0.2, -0.15) is 0 Å². The molecule has 1 aliphatic rings. The fourth-order valence-corrected chi connectivity index (χ4v) is 4.06. The second kappa shape index (κ2) is 12.0. The molecule has 1 N–H and O–H groups in total. The lowest BCUT2D eigenvalue weighted by Gasteiger charge is -2.23. The number of likely N-dealkylation sites (tertiary alicyclic amines) is 1. The molecule has 7 heteroatoms. The van der Waals surface area contributed by atoms with Crippen LogP contribution in [-0.2, 0) is 16.0 Å². The summed E-state index contributed by atoms with van der Waals surface area (Å²) in [5.74, 6) is 0.249. The van der Waals surface area contributed by atoms with Crippen LogP contribution in [0.25, 0.3) is 0 Å². The minimum atomic E-state index is -1.20. The van der Waals surface area contributed by atoms with E-state index in [0.717, 1.165) is 37.1 Å². The first-order valence-corrected chi connectivity index (χ1v) is 12.2. The van der Waals surface area contributed by atoms with Crippen LogP contribution in [0.4, 0.5) is 4.79 Å². The average Bonchev–Trinajstić information content (AvgIpc) is 3.25. The van der Waals surface area contributed by atoms with E-state index in [4.69, 9.17) is 14.6 Å². The van der Waals surface area contributed by atoms with Crippen molar-refractivity contribution in [2.24, 2.45) is 5.92 Å². The van der Waals surface area contributed by atoms with Crippen LogP contribution in [-0.4, -0.2) is 54.1 Å². The molecule has 33 heavy (non-hydrogen) atoms. The highest BCUT2D eigenvalue weighted by Gasteiger charge is 2.30.